The normalized spacial score (nSPS) is 15.5. The molecule has 1 N–H and O–H groups in total. The molecular formula is C11H14O2. The summed E-state index contributed by atoms with van der Waals surface area (Å²) in [7, 11) is 0. The van der Waals surface area contributed by atoms with Crippen molar-refractivity contribution in [2.75, 3.05) is 13.2 Å². The number of benzene rings is 1. The maximum absolute atomic E-state index is 8.88. The van der Waals surface area contributed by atoms with Crippen molar-refractivity contribution in [3.63, 3.8) is 0 Å². The number of aliphatic hydroxyl groups excluding tert-OH is 1. The van der Waals surface area contributed by atoms with E-state index in [9.17, 15) is 0 Å². The van der Waals surface area contributed by atoms with E-state index < -0.39 is 0 Å². The zero-order valence-electron chi connectivity index (χ0n) is 7.62. The van der Waals surface area contributed by atoms with Crippen LogP contribution in [-0.4, -0.2) is 18.3 Å². The second-order valence-electron chi connectivity index (χ2n) is 3.33. The van der Waals surface area contributed by atoms with E-state index in [0.717, 1.165) is 19.4 Å². The lowest BCUT2D eigenvalue weighted by molar-refractivity contribution is 0.110. The highest BCUT2D eigenvalue weighted by Gasteiger charge is 2.12. The van der Waals surface area contributed by atoms with E-state index in [1.807, 2.05) is 0 Å². The van der Waals surface area contributed by atoms with E-state index in [1.165, 1.54) is 16.7 Å². The topological polar surface area (TPSA) is 29.5 Å². The monoisotopic (exact) mass is 178 g/mol. The molecule has 1 heterocycles. The van der Waals surface area contributed by atoms with Gasteiger partial charge in [-0.15, -0.1) is 0 Å². The second-order valence-corrected chi connectivity index (χ2v) is 3.33. The number of fused-ring (bicyclic) bond motifs is 1. The Morgan fingerprint density at radius 3 is 3.15 bits per heavy atom. The molecule has 0 amide bonds. The van der Waals surface area contributed by atoms with Gasteiger partial charge in [-0.3, -0.25) is 0 Å². The molecule has 0 aromatic heterocycles. The first kappa shape index (κ1) is 8.73. The Labute approximate surface area is 78.2 Å². The van der Waals surface area contributed by atoms with Gasteiger partial charge in [0.05, 0.1) is 13.2 Å². The van der Waals surface area contributed by atoms with Gasteiger partial charge < -0.3 is 9.84 Å². The van der Waals surface area contributed by atoms with E-state index in [0.29, 0.717) is 6.61 Å². The lowest BCUT2D eigenvalue weighted by Gasteiger charge is -2.19. The smallest absolute Gasteiger partial charge is 0.0722 e. The predicted octanol–water partition coefficient (Wildman–Crippen LogP) is 1.29. The Bertz CT molecular complexity index is 294. The molecule has 0 fully saturated rings. The molecule has 0 bridgehead atoms. The quantitative estimate of drug-likeness (QED) is 0.739. The Balaban J connectivity index is 2.34. The van der Waals surface area contributed by atoms with Gasteiger partial charge in [0.25, 0.3) is 0 Å². The molecule has 0 spiro atoms. The number of rotatable bonds is 2. The summed E-state index contributed by atoms with van der Waals surface area (Å²) in [6, 6.07) is 6.29. The summed E-state index contributed by atoms with van der Waals surface area (Å²) < 4.78 is 5.40. The number of hydrogen-bond acceptors (Lipinski definition) is 2. The van der Waals surface area contributed by atoms with Gasteiger partial charge in [0.1, 0.15) is 0 Å². The maximum Gasteiger partial charge on any atom is 0.0722 e. The van der Waals surface area contributed by atoms with Crippen molar-refractivity contribution < 1.29 is 9.84 Å². The third-order valence-electron chi connectivity index (χ3n) is 2.51. The number of ether oxygens (including phenoxy) is 1. The van der Waals surface area contributed by atoms with Crippen LogP contribution in [0.3, 0.4) is 0 Å². The zero-order chi connectivity index (χ0) is 9.10. The van der Waals surface area contributed by atoms with Gasteiger partial charge in [-0.1, -0.05) is 18.2 Å². The average molecular weight is 178 g/mol. The van der Waals surface area contributed by atoms with Crippen LogP contribution < -0.4 is 0 Å². The van der Waals surface area contributed by atoms with Crippen LogP contribution in [0.25, 0.3) is 0 Å². The van der Waals surface area contributed by atoms with Crippen molar-refractivity contribution in [1.29, 1.82) is 0 Å². The van der Waals surface area contributed by atoms with Crippen molar-refractivity contribution in [3.8, 4) is 0 Å². The van der Waals surface area contributed by atoms with Crippen molar-refractivity contribution in [1.82, 2.24) is 0 Å². The lowest BCUT2D eigenvalue weighted by Crippen LogP contribution is -2.12. The fraction of sp³-hybridized carbons (Fsp3) is 0.455. The summed E-state index contributed by atoms with van der Waals surface area (Å²) in [6.45, 7) is 1.76. The Kier molecular flexibility index (Phi) is 2.62. The summed E-state index contributed by atoms with van der Waals surface area (Å²) in [5, 5.41) is 8.88. The summed E-state index contributed by atoms with van der Waals surface area (Å²) in [5.74, 6) is 0. The van der Waals surface area contributed by atoms with Gasteiger partial charge in [0.15, 0.2) is 0 Å². The first-order valence-electron chi connectivity index (χ1n) is 4.70. The lowest BCUT2D eigenvalue weighted by atomic mass is 9.96. The third-order valence-corrected chi connectivity index (χ3v) is 2.51. The molecule has 70 valence electrons. The SMILES string of the molecule is OCCc1cccc2c1COCC2. The molecule has 2 nitrogen and oxygen atoms in total. The molecule has 0 atom stereocenters. The van der Waals surface area contributed by atoms with E-state index in [2.05, 4.69) is 18.2 Å². The van der Waals surface area contributed by atoms with Crippen LogP contribution in [0.5, 0.6) is 0 Å². The fourth-order valence-electron chi connectivity index (χ4n) is 1.82. The van der Waals surface area contributed by atoms with Crippen molar-refractivity contribution >= 4 is 0 Å². The highest BCUT2D eigenvalue weighted by molar-refractivity contribution is 5.36. The Morgan fingerprint density at radius 1 is 1.38 bits per heavy atom. The van der Waals surface area contributed by atoms with Gasteiger partial charge >= 0.3 is 0 Å². The molecule has 2 heteroatoms. The molecule has 1 aliphatic heterocycles. The van der Waals surface area contributed by atoms with Crippen molar-refractivity contribution in [2.24, 2.45) is 0 Å². The Morgan fingerprint density at radius 2 is 2.31 bits per heavy atom. The molecule has 1 aliphatic rings. The van der Waals surface area contributed by atoms with Gasteiger partial charge in [0.2, 0.25) is 0 Å². The molecule has 0 saturated carbocycles. The highest BCUT2D eigenvalue weighted by Crippen LogP contribution is 2.20. The Hall–Kier alpha value is -0.860. The maximum atomic E-state index is 8.88. The van der Waals surface area contributed by atoms with Crippen LogP contribution in [0.15, 0.2) is 18.2 Å². The molecule has 1 aromatic carbocycles. The summed E-state index contributed by atoms with van der Waals surface area (Å²) in [6.07, 6.45) is 1.75. The van der Waals surface area contributed by atoms with Crippen LogP contribution in [0, 0.1) is 0 Å². The second kappa shape index (κ2) is 3.90. The molecule has 2 rings (SSSR count). The van der Waals surface area contributed by atoms with Crippen LogP contribution in [0.1, 0.15) is 16.7 Å². The highest BCUT2D eigenvalue weighted by atomic mass is 16.5. The standard InChI is InChI=1S/C11H14O2/c12-6-4-9-2-1-3-10-5-7-13-8-11(9)10/h1-3,12H,4-8H2. The van der Waals surface area contributed by atoms with E-state index in [-0.39, 0.29) is 6.61 Å². The number of aliphatic hydroxyl groups is 1. The summed E-state index contributed by atoms with van der Waals surface area (Å²) in [5.41, 5.74) is 3.92. The molecule has 0 aliphatic carbocycles. The molecule has 0 saturated heterocycles. The van der Waals surface area contributed by atoms with E-state index in [4.69, 9.17) is 9.84 Å². The minimum absolute atomic E-state index is 0.219. The van der Waals surface area contributed by atoms with Crippen LogP contribution in [-0.2, 0) is 24.2 Å². The van der Waals surface area contributed by atoms with Gasteiger partial charge in [-0.2, -0.15) is 0 Å². The first-order valence-corrected chi connectivity index (χ1v) is 4.70. The predicted molar refractivity (Wildman–Crippen MR) is 50.6 cm³/mol. The summed E-state index contributed by atoms with van der Waals surface area (Å²) in [4.78, 5) is 0. The van der Waals surface area contributed by atoms with E-state index in [1.54, 1.807) is 0 Å². The third kappa shape index (κ3) is 1.74. The minimum Gasteiger partial charge on any atom is -0.396 e. The number of hydrogen-bond donors (Lipinski definition) is 1. The van der Waals surface area contributed by atoms with Crippen molar-refractivity contribution in [3.05, 3.63) is 34.9 Å². The summed E-state index contributed by atoms with van der Waals surface area (Å²) >= 11 is 0. The largest absolute Gasteiger partial charge is 0.396 e. The van der Waals surface area contributed by atoms with Gasteiger partial charge in [0, 0.05) is 6.61 Å². The molecule has 0 radical (unpaired) electrons. The van der Waals surface area contributed by atoms with Crippen LogP contribution in [0.2, 0.25) is 0 Å². The van der Waals surface area contributed by atoms with Gasteiger partial charge in [-0.25, -0.2) is 0 Å². The van der Waals surface area contributed by atoms with Gasteiger partial charge in [-0.05, 0) is 29.5 Å². The fourth-order valence-corrected chi connectivity index (χ4v) is 1.82. The van der Waals surface area contributed by atoms with Crippen LogP contribution >= 0.6 is 0 Å². The molecular weight excluding hydrogens is 164 g/mol. The minimum atomic E-state index is 0.219. The average Bonchev–Trinajstić information content (AvgIpc) is 2.19. The van der Waals surface area contributed by atoms with E-state index >= 15 is 0 Å². The molecule has 0 unspecified atom stereocenters. The van der Waals surface area contributed by atoms with Crippen LogP contribution in [0.4, 0.5) is 0 Å². The zero-order valence-corrected chi connectivity index (χ0v) is 7.62. The first-order chi connectivity index (χ1) is 6.42. The van der Waals surface area contributed by atoms with Crippen molar-refractivity contribution in [2.45, 2.75) is 19.4 Å². The molecule has 13 heavy (non-hydrogen) atoms. The molecule has 1 aromatic rings.